The Bertz CT molecular complexity index is 658. The lowest BCUT2D eigenvalue weighted by molar-refractivity contribution is 0.102. The van der Waals surface area contributed by atoms with Gasteiger partial charge in [-0.05, 0) is 36.4 Å². The van der Waals surface area contributed by atoms with Crippen LogP contribution in [-0.2, 0) is 0 Å². The van der Waals surface area contributed by atoms with Gasteiger partial charge in [-0.15, -0.1) is 0 Å². The van der Waals surface area contributed by atoms with Crippen molar-refractivity contribution in [2.45, 2.75) is 0 Å². The van der Waals surface area contributed by atoms with Crippen LogP contribution >= 0.6 is 0 Å². The molecule has 0 saturated carbocycles. The maximum absolute atomic E-state index is 13.0. The normalized spacial score (nSPS) is 9.85. The second kappa shape index (κ2) is 5.83. The van der Waals surface area contributed by atoms with E-state index in [-0.39, 0.29) is 0 Å². The molecule has 0 aliphatic carbocycles. The van der Waals surface area contributed by atoms with Gasteiger partial charge in [0.1, 0.15) is 5.82 Å². The number of amides is 3. The summed E-state index contributed by atoms with van der Waals surface area (Å²) in [6, 6.07) is 11.1. The monoisotopic (exact) mass is 273 g/mol. The van der Waals surface area contributed by atoms with Crippen molar-refractivity contribution < 1.29 is 14.0 Å². The molecule has 0 spiro atoms. The van der Waals surface area contributed by atoms with Crippen molar-refractivity contribution in [1.82, 2.24) is 0 Å². The maximum Gasteiger partial charge on any atom is 0.316 e. The summed E-state index contributed by atoms with van der Waals surface area (Å²) in [6.07, 6.45) is 0. The van der Waals surface area contributed by atoms with Crippen LogP contribution in [0, 0.1) is 5.82 Å². The third-order valence-electron chi connectivity index (χ3n) is 2.47. The molecular weight excluding hydrogens is 261 g/mol. The minimum Gasteiger partial charge on any atom is -0.351 e. The molecule has 102 valence electrons. The smallest absolute Gasteiger partial charge is 0.316 e. The van der Waals surface area contributed by atoms with E-state index >= 15 is 0 Å². The first-order valence-electron chi connectivity index (χ1n) is 5.78. The summed E-state index contributed by atoms with van der Waals surface area (Å²) in [7, 11) is 0. The Morgan fingerprint density at radius 3 is 2.25 bits per heavy atom. The zero-order valence-corrected chi connectivity index (χ0v) is 10.4. The van der Waals surface area contributed by atoms with Crippen molar-refractivity contribution in [2.75, 3.05) is 10.6 Å². The molecule has 2 rings (SSSR count). The van der Waals surface area contributed by atoms with E-state index in [1.807, 2.05) is 0 Å². The molecule has 0 bridgehead atoms. The summed E-state index contributed by atoms with van der Waals surface area (Å²) in [5, 5.41) is 4.93. The predicted octanol–water partition coefficient (Wildman–Crippen LogP) is 2.57. The van der Waals surface area contributed by atoms with Gasteiger partial charge in [0.2, 0.25) is 0 Å². The van der Waals surface area contributed by atoms with Crippen molar-refractivity contribution in [3.8, 4) is 0 Å². The molecule has 0 aromatic heterocycles. The first-order valence-corrected chi connectivity index (χ1v) is 5.78. The summed E-state index contributed by atoms with van der Waals surface area (Å²) < 4.78 is 13.0. The maximum atomic E-state index is 13.0. The topological polar surface area (TPSA) is 84.2 Å². The number of benzene rings is 2. The molecule has 6 heteroatoms. The second-order valence-corrected chi connectivity index (χ2v) is 4.03. The molecule has 0 atom stereocenters. The highest BCUT2D eigenvalue weighted by atomic mass is 19.1. The summed E-state index contributed by atoms with van der Waals surface area (Å²) in [5.74, 6) is -0.851. The van der Waals surface area contributed by atoms with E-state index < -0.39 is 17.8 Å². The fourth-order valence-electron chi connectivity index (χ4n) is 1.65. The standard InChI is InChI=1S/C14H12FN3O2/c15-10-4-2-6-12(8-10)17-13(19)9-3-1-5-11(7-9)18-14(16)20/h1-8H,(H,17,19)(H3,16,18,20). The van der Waals surface area contributed by atoms with Crippen molar-refractivity contribution in [3.05, 3.63) is 59.9 Å². The van der Waals surface area contributed by atoms with E-state index in [1.165, 1.54) is 24.3 Å². The Morgan fingerprint density at radius 2 is 1.60 bits per heavy atom. The van der Waals surface area contributed by atoms with Crippen molar-refractivity contribution in [1.29, 1.82) is 0 Å². The minimum absolute atomic E-state index is 0.320. The van der Waals surface area contributed by atoms with E-state index in [9.17, 15) is 14.0 Å². The van der Waals surface area contributed by atoms with Crippen LogP contribution in [0.4, 0.5) is 20.6 Å². The lowest BCUT2D eigenvalue weighted by Crippen LogP contribution is -2.19. The van der Waals surface area contributed by atoms with E-state index in [2.05, 4.69) is 10.6 Å². The molecular formula is C14H12FN3O2. The van der Waals surface area contributed by atoms with Gasteiger partial charge in [-0.2, -0.15) is 0 Å². The largest absolute Gasteiger partial charge is 0.351 e. The molecule has 0 aliphatic heterocycles. The molecule has 0 radical (unpaired) electrons. The molecule has 2 aromatic carbocycles. The van der Waals surface area contributed by atoms with Crippen molar-refractivity contribution >= 4 is 23.3 Å². The number of urea groups is 1. The van der Waals surface area contributed by atoms with Crippen LogP contribution in [0.1, 0.15) is 10.4 Å². The number of primary amides is 1. The second-order valence-electron chi connectivity index (χ2n) is 4.03. The fraction of sp³-hybridized carbons (Fsp3) is 0. The average molecular weight is 273 g/mol. The Hall–Kier alpha value is -2.89. The minimum atomic E-state index is -0.715. The Balaban J connectivity index is 2.15. The number of carbonyl (C=O) groups is 2. The van der Waals surface area contributed by atoms with Gasteiger partial charge in [0.05, 0.1) is 0 Å². The summed E-state index contributed by atoms with van der Waals surface area (Å²) >= 11 is 0. The van der Waals surface area contributed by atoms with Crippen LogP contribution in [0.25, 0.3) is 0 Å². The molecule has 0 unspecified atom stereocenters. The highest BCUT2D eigenvalue weighted by Gasteiger charge is 2.07. The number of halogens is 1. The number of hydrogen-bond donors (Lipinski definition) is 3. The highest BCUT2D eigenvalue weighted by Crippen LogP contribution is 2.14. The quantitative estimate of drug-likeness (QED) is 0.803. The number of nitrogens with two attached hydrogens (primary N) is 1. The number of anilines is 2. The van der Waals surface area contributed by atoms with Gasteiger partial charge in [0, 0.05) is 16.9 Å². The van der Waals surface area contributed by atoms with Crippen LogP contribution in [-0.4, -0.2) is 11.9 Å². The van der Waals surface area contributed by atoms with Crippen molar-refractivity contribution in [3.63, 3.8) is 0 Å². The van der Waals surface area contributed by atoms with Crippen LogP contribution in [0.5, 0.6) is 0 Å². The SMILES string of the molecule is NC(=O)Nc1cccc(C(=O)Nc2cccc(F)c2)c1. The average Bonchev–Trinajstić information content (AvgIpc) is 2.38. The van der Waals surface area contributed by atoms with Gasteiger partial charge in [-0.3, -0.25) is 4.79 Å². The van der Waals surface area contributed by atoms with Gasteiger partial charge in [0.25, 0.3) is 5.91 Å². The first-order chi connectivity index (χ1) is 9.54. The summed E-state index contributed by atoms with van der Waals surface area (Å²) in [5.41, 5.74) is 6.08. The highest BCUT2D eigenvalue weighted by molar-refractivity contribution is 6.05. The molecule has 0 heterocycles. The van der Waals surface area contributed by atoms with Gasteiger partial charge >= 0.3 is 6.03 Å². The first kappa shape index (κ1) is 13.5. The van der Waals surface area contributed by atoms with Crippen molar-refractivity contribution in [2.24, 2.45) is 5.73 Å². The fourth-order valence-corrected chi connectivity index (χ4v) is 1.65. The van der Waals surface area contributed by atoms with E-state index in [0.29, 0.717) is 16.9 Å². The number of hydrogen-bond acceptors (Lipinski definition) is 2. The zero-order valence-electron chi connectivity index (χ0n) is 10.4. The summed E-state index contributed by atoms with van der Waals surface area (Å²) in [4.78, 5) is 22.7. The Labute approximate surface area is 114 Å². The number of nitrogens with one attached hydrogen (secondary N) is 2. The third-order valence-corrected chi connectivity index (χ3v) is 2.47. The zero-order chi connectivity index (χ0) is 14.5. The third kappa shape index (κ3) is 3.55. The summed E-state index contributed by atoms with van der Waals surface area (Å²) in [6.45, 7) is 0. The van der Waals surface area contributed by atoms with Gasteiger partial charge in [-0.25, -0.2) is 9.18 Å². The Morgan fingerprint density at radius 1 is 0.950 bits per heavy atom. The lowest BCUT2D eigenvalue weighted by Gasteiger charge is -2.07. The van der Waals surface area contributed by atoms with E-state index in [4.69, 9.17) is 5.73 Å². The molecule has 5 nitrogen and oxygen atoms in total. The molecule has 0 aliphatic rings. The lowest BCUT2D eigenvalue weighted by atomic mass is 10.2. The number of rotatable bonds is 3. The molecule has 2 aromatic rings. The van der Waals surface area contributed by atoms with Crippen LogP contribution in [0.2, 0.25) is 0 Å². The van der Waals surface area contributed by atoms with Crippen LogP contribution in [0.3, 0.4) is 0 Å². The van der Waals surface area contributed by atoms with Crippen LogP contribution < -0.4 is 16.4 Å². The van der Waals surface area contributed by atoms with Gasteiger partial charge in [0.15, 0.2) is 0 Å². The van der Waals surface area contributed by atoms with Crippen LogP contribution in [0.15, 0.2) is 48.5 Å². The molecule has 0 saturated heterocycles. The van der Waals surface area contributed by atoms with E-state index in [1.54, 1.807) is 24.3 Å². The predicted molar refractivity (Wildman–Crippen MR) is 74.0 cm³/mol. The molecule has 3 amide bonds. The molecule has 4 N–H and O–H groups in total. The van der Waals surface area contributed by atoms with E-state index in [0.717, 1.165) is 0 Å². The van der Waals surface area contributed by atoms with Gasteiger partial charge < -0.3 is 16.4 Å². The molecule has 20 heavy (non-hydrogen) atoms. The molecule has 0 fully saturated rings. The Kier molecular flexibility index (Phi) is 3.95. The van der Waals surface area contributed by atoms with Gasteiger partial charge in [-0.1, -0.05) is 12.1 Å². The number of carbonyl (C=O) groups excluding carboxylic acids is 2.